The first kappa shape index (κ1) is 10.6. The molecule has 4 heteroatoms. The number of hydrogen-bond acceptors (Lipinski definition) is 4. The third kappa shape index (κ3) is 2.04. The van der Waals surface area contributed by atoms with Gasteiger partial charge in [0.15, 0.2) is 5.82 Å². The third-order valence-electron chi connectivity index (χ3n) is 3.10. The second-order valence-electron chi connectivity index (χ2n) is 5.65. The van der Waals surface area contributed by atoms with E-state index in [2.05, 4.69) is 37.8 Å². The van der Waals surface area contributed by atoms with Crippen LogP contribution in [0.15, 0.2) is 4.52 Å². The van der Waals surface area contributed by atoms with Gasteiger partial charge < -0.3 is 10.3 Å². The predicted octanol–water partition coefficient (Wildman–Crippen LogP) is 2.24. The van der Waals surface area contributed by atoms with Gasteiger partial charge in [0.2, 0.25) is 5.89 Å². The topological polar surface area (TPSA) is 64.9 Å². The summed E-state index contributed by atoms with van der Waals surface area (Å²) in [6.45, 7) is 8.41. The van der Waals surface area contributed by atoms with E-state index in [9.17, 15) is 0 Å². The quantitative estimate of drug-likeness (QED) is 0.811. The van der Waals surface area contributed by atoms with Crippen molar-refractivity contribution in [3.8, 4) is 0 Å². The summed E-state index contributed by atoms with van der Waals surface area (Å²) in [7, 11) is 0. The third-order valence-corrected chi connectivity index (χ3v) is 3.10. The zero-order chi connectivity index (χ0) is 11.2. The highest BCUT2D eigenvalue weighted by Gasteiger charge is 2.39. The van der Waals surface area contributed by atoms with Crippen LogP contribution in [0.3, 0.4) is 0 Å². The first-order valence-electron chi connectivity index (χ1n) is 5.48. The van der Waals surface area contributed by atoms with Crippen LogP contribution in [-0.2, 0) is 0 Å². The molecule has 1 aliphatic rings. The van der Waals surface area contributed by atoms with Gasteiger partial charge in [-0.15, -0.1) is 0 Å². The second kappa shape index (κ2) is 3.30. The highest BCUT2D eigenvalue weighted by atomic mass is 16.5. The maximum absolute atomic E-state index is 6.04. The van der Waals surface area contributed by atoms with Crippen molar-refractivity contribution in [3.05, 3.63) is 11.7 Å². The lowest BCUT2D eigenvalue weighted by atomic mass is 9.87. The second-order valence-corrected chi connectivity index (χ2v) is 5.65. The summed E-state index contributed by atoms with van der Waals surface area (Å²) in [4.78, 5) is 4.39. The molecule has 1 saturated carbocycles. The van der Waals surface area contributed by atoms with Gasteiger partial charge in [-0.2, -0.15) is 4.98 Å². The molecular formula is C11H19N3O. The summed E-state index contributed by atoms with van der Waals surface area (Å²) in [6, 6.07) is -0.187. The van der Waals surface area contributed by atoms with Crippen LogP contribution in [0, 0.1) is 11.3 Å². The molecule has 0 saturated heterocycles. The molecule has 0 bridgehead atoms. The molecule has 0 aromatic carbocycles. The maximum Gasteiger partial charge on any atom is 0.244 e. The Morgan fingerprint density at radius 1 is 1.47 bits per heavy atom. The average molecular weight is 209 g/mol. The van der Waals surface area contributed by atoms with Crippen LogP contribution >= 0.6 is 0 Å². The Labute approximate surface area is 90.2 Å². The fourth-order valence-electron chi connectivity index (χ4n) is 1.58. The molecule has 15 heavy (non-hydrogen) atoms. The van der Waals surface area contributed by atoms with Gasteiger partial charge in [0.25, 0.3) is 0 Å². The van der Waals surface area contributed by atoms with E-state index in [4.69, 9.17) is 10.3 Å². The van der Waals surface area contributed by atoms with Crippen molar-refractivity contribution in [2.75, 3.05) is 0 Å². The normalized spacial score (nSPS) is 27.8. The standard InChI is InChI=1S/C11H19N3O/c1-6-5-7(6)9-13-10(15-14-9)8(12)11(2,3)4/h6-8H,5,12H2,1-4H3/t6?,7?,8-/m1/s1. The van der Waals surface area contributed by atoms with Crippen LogP contribution in [0.5, 0.6) is 0 Å². The molecule has 4 nitrogen and oxygen atoms in total. The zero-order valence-electron chi connectivity index (χ0n) is 9.82. The molecule has 1 aromatic rings. The van der Waals surface area contributed by atoms with Gasteiger partial charge >= 0.3 is 0 Å². The van der Waals surface area contributed by atoms with Crippen LogP contribution in [-0.4, -0.2) is 10.1 Å². The summed E-state index contributed by atoms with van der Waals surface area (Å²) in [5.74, 6) is 2.59. The Bertz CT molecular complexity index is 353. The van der Waals surface area contributed by atoms with Crippen LogP contribution in [0.1, 0.15) is 57.8 Å². The predicted molar refractivity (Wildman–Crippen MR) is 57.2 cm³/mol. The van der Waals surface area contributed by atoms with Crippen molar-refractivity contribution in [2.24, 2.45) is 17.1 Å². The van der Waals surface area contributed by atoms with Gasteiger partial charge in [0.1, 0.15) is 0 Å². The van der Waals surface area contributed by atoms with Crippen LogP contribution < -0.4 is 5.73 Å². The van der Waals surface area contributed by atoms with E-state index in [1.165, 1.54) is 6.42 Å². The Hall–Kier alpha value is -0.900. The molecule has 1 aliphatic carbocycles. The SMILES string of the molecule is CC1CC1c1noc([C@@H](N)C(C)(C)C)n1. The van der Waals surface area contributed by atoms with E-state index in [1.54, 1.807) is 0 Å². The lowest BCUT2D eigenvalue weighted by molar-refractivity contribution is 0.252. The molecule has 2 unspecified atom stereocenters. The number of hydrogen-bond donors (Lipinski definition) is 1. The van der Waals surface area contributed by atoms with Crippen molar-refractivity contribution in [1.82, 2.24) is 10.1 Å². The number of aromatic nitrogens is 2. The van der Waals surface area contributed by atoms with E-state index >= 15 is 0 Å². The van der Waals surface area contributed by atoms with Gasteiger partial charge in [-0.1, -0.05) is 32.9 Å². The first-order valence-corrected chi connectivity index (χ1v) is 5.48. The molecule has 0 amide bonds. The van der Waals surface area contributed by atoms with Gasteiger partial charge in [-0.05, 0) is 17.8 Å². The average Bonchev–Trinajstić information content (AvgIpc) is 2.67. The van der Waals surface area contributed by atoms with E-state index in [-0.39, 0.29) is 11.5 Å². The van der Waals surface area contributed by atoms with Crippen LogP contribution in [0.4, 0.5) is 0 Å². The molecule has 1 aromatic heterocycles. The fraction of sp³-hybridized carbons (Fsp3) is 0.818. The van der Waals surface area contributed by atoms with E-state index in [0.29, 0.717) is 17.7 Å². The van der Waals surface area contributed by atoms with Crippen molar-refractivity contribution < 1.29 is 4.52 Å². The molecular weight excluding hydrogens is 190 g/mol. The van der Waals surface area contributed by atoms with E-state index in [0.717, 1.165) is 5.82 Å². The lowest BCUT2D eigenvalue weighted by Gasteiger charge is -2.23. The van der Waals surface area contributed by atoms with E-state index < -0.39 is 0 Å². The highest BCUT2D eigenvalue weighted by Crippen LogP contribution is 2.45. The van der Waals surface area contributed by atoms with E-state index in [1.807, 2.05) is 0 Å². The zero-order valence-corrected chi connectivity index (χ0v) is 9.82. The molecule has 84 valence electrons. The minimum atomic E-state index is -0.187. The smallest absolute Gasteiger partial charge is 0.244 e. The molecule has 1 heterocycles. The fourth-order valence-corrected chi connectivity index (χ4v) is 1.58. The number of nitrogens with two attached hydrogens (primary N) is 1. The largest absolute Gasteiger partial charge is 0.338 e. The Morgan fingerprint density at radius 3 is 2.53 bits per heavy atom. The number of nitrogens with zero attached hydrogens (tertiary/aromatic N) is 2. The van der Waals surface area contributed by atoms with Crippen molar-refractivity contribution in [3.63, 3.8) is 0 Å². The summed E-state index contributed by atoms with van der Waals surface area (Å²) >= 11 is 0. The Morgan fingerprint density at radius 2 is 2.07 bits per heavy atom. The van der Waals surface area contributed by atoms with Crippen LogP contribution in [0.25, 0.3) is 0 Å². The Balaban J connectivity index is 2.13. The van der Waals surface area contributed by atoms with Gasteiger partial charge in [0.05, 0.1) is 6.04 Å². The van der Waals surface area contributed by atoms with Gasteiger partial charge in [-0.3, -0.25) is 0 Å². The summed E-state index contributed by atoms with van der Waals surface area (Å²) in [6.07, 6.45) is 1.17. The minimum absolute atomic E-state index is 0.0427. The molecule has 2 rings (SSSR count). The lowest BCUT2D eigenvalue weighted by Crippen LogP contribution is -2.26. The molecule has 0 aliphatic heterocycles. The molecule has 2 N–H and O–H groups in total. The van der Waals surface area contributed by atoms with Gasteiger partial charge in [-0.25, -0.2) is 0 Å². The monoisotopic (exact) mass is 209 g/mol. The first-order chi connectivity index (χ1) is 6.89. The van der Waals surface area contributed by atoms with Gasteiger partial charge in [0, 0.05) is 5.92 Å². The highest BCUT2D eigenvalue weighted by molar-refractivity contribution is 5.09. The number of rotatable bonds is 2. The van der Waals surface area contributed by atoms with Crippen molar-refractivity contribution >= 4 is 0 Å². The Kier molecular flexibility index (Phi) is 2.34. The molecule has 0 spiro atoms. The summed E-state index contributed by atoms with van der Waals surface area (Å²) in [5, 5.41) is 4.00. The molecule has 1 fully saturated rings. The minimum Gasteiger partial charge on any atom is -0.338 e. The summed E-state index contributed by atoms with van der Waals surface area (Å²) in [5.41, 5.74) is 6.00. The van der Waals surface area contributed by atoms with Crippen LogP contribution in [0.2, 0.25) is 0 Å². The maximum atomic E-state index is 6.04. The molecule has 3 atom stereocenters. The van der Waals surface area contributed by atoms with Crippen molar-refractivity contribution in [1.29, 1.82) is 0 Å². The summed E-state index contributed by atoms with van der Waals surface area (Å²) < 4.78 is 5.22. The molecule has 0 radical (unpaired) electrons. The van der Waals surface area contributed by atoms with Crippen molar-refractivity contribution in [2.45, 2.75) is 46.1 Å².